The lowest BCUT2D eigenvalue weighted by atomic mass is 10.2. The van der Waals surface area contributed by atoms with E-state index < -0.39 is 0 Å². The number of terminal acetylenes is 1. The zero-order valence-electron chi connectivity index (χ0n) is 22.1. The molecule has 3 aromatic rings. The summed E-state index contributed by atoms with van der Waals surface area (Å²) in [6.45, 7) is 4.31. The molecule has 2 N–H and O–H groups in total. The van der Waals surface area contributed by atoms with Crippen LogP contribution in [0.15, 0.2) is 41.1 Å². The summed E-state index contributed by atoms with van der Waals surface area (Å²) in [6, 6.07) is 9.62. The highest BCUT2D eigenvalue weighted by molar-refractivity contribution is 5.78. The lowest BCUT2D eigenvalue weighted by Crippen LogP contribution is -2.40. The van der Waals surface area contributed by atoms with E-state index in [0.717, 1.165) is 36.9 Å². The number of nitrogens with one attached hydrogen (secondary N) is 2. The van der Waals surface area contributed by atoms with Gasteiger partial charge in [0.25, 0.3) is 0 Å². The first-order valence-electron chi connectivity index (χ1n) is 13.3. The van der Waals surface area contributed by atoms with Crippen molar-refractivity contribution in [1.29, 1.82) is 0 Å². The van der Waals surface area contributed by atoms with Crippen molar-refractivity contribution in [3.8, 4) is 23.7 Å². The Morgan fingerprint density at radius 2 is 1.62 bits per heavy atom. The molecule has 0 spiro atoms. The van der Waals surface area contributed by atoms with E-state index in [9.17, 15) is 9.59 Å². The van der Waals surface area contributed by atoms with Gasteiger partial charge in [0.15, 0.2) is 0 Å². The molecule has 2 aromatic heterocycles. The molecule has 12 nitrogen and oxygen atoms in total. The van der Waals surface area contributed by atoms with E-state index in [0.29, 0.717) is 64.1 Å². The predicted molar refractivity (Wildman–Crippen MR) is 144 cm³/mol. The molecule has 0 atom stereocenters. The minimum atomic E-state index is -0.0354. The molecule has 1 aliphatic heterocycles. The smallest absolute Gasteiger partial charge is 0.248 e. The van der Waals surface area contributed by atoms with Gasteiger partial charge in [-0.2, -0.15) is 4.98 Å². The largest absolute Gasteiger partial charge is 0.355 e. The lowest BCUT2D eigenvalue weighted by Gasteiger charge is -2.23. The fourth-order valence-corrected chi connectivity index (χ4v) is 4.33. The van der Waals surface area contributed by atoms with E-state index in [4.69, 9.17) is 10.9 Å². The zero-order valence-corrected chi connectivity index (χ0v) is 22.1. The Kier molecular flexibility index (Phi) is 10.6. The van der Waals surface area contributed by atoms with Crippen molar-refractivity contribution >= 4 is 11.8 Å². The fraction of sp³-hybridized carbons (Fsp3) is 0.481. The number of carbonyl (C=O) groups excluding carboxylic acids is 2. The number of hydrogen-bond donors (Lipinski definition) is 2. The summed E-state index contributed by atoms with van der Waals surface area (Å²) < 4.78 is 7.04. The van der Waals surface area contributed by atoms with E-state index in [1.807, 2.05) is 41.4 Å². The van der Waals surface area contributed by atoms with Crippen LogP contribution in [-0.2, 0) is 22.7 Å². The maximum Gasteiger partial charge on any atom is 0.248 e. The highest BCUT2D eigenvalue weighted by Crippen LogP contribution is 2.15. The van der Waals surface area contributed by atoms with Gasteiger partial charge >= 0.3 is 0 Å². The molecule has 0 radical (unpaired) electrons. The summed E-state index contributed by atoms with van der Waals surface area (Å²) in [7, 11) is 0. The van der Waals surface area contributed by atoms with Crippen LogP contribution in [0.5, 0.6) is 0 Å². The van der Waals surface area contributed by atoms with Gasteiger partial charge in [-0.05, 0) is 38.8 Å². The van der Waals surface area contributed by atoms with Crippen LogP contribution in [0.25, 0.3) is 11.4 Å². The molecule has 12 heteroatoms. The Morgan fingerprint density at radius 1 is 0.923 bits per heavy atom. The van der Waals surface area contributed by atoms with E-state index in [-0.39, 0.29) is 18.4 Å². The molecule has 1 aromatic carbocycles. The predicted octanol–water partition coefficient (Wildman–Crippen LogP) is 0.920. The van der Waals surface area contributed by atoms with Crippen molar-refractivity contribution in [3.63, 3.8) is 0 Å². The maximum atomic E-state index is 12.6. The molecule has 3 heterocycles. The van der Waals surface area contributed by atoms with Crippen LogP contribution in [0.4, 0.5) is 0 Å². The second kappa shape index (κ2) is 14.8. The van der Waals surface area contributed by atoms with Crippen molar-refractivity contribution in [1.82, 2.24) is 45.6 Å². The van der Waals surface area contributed by atoms with Crippen molar-refractivity contribution < 1.29 is 14.1 Å². The summed E-state index contributed by atoms with van der Waals surface area (Å²) in [5.41, 5.74) is 1.62. The van der Waals surface area contributed by atoms with Gasteiger partial charge in [0.05, 0.1) is 31.5 Å². The van der Waals surface area contributed by atoms with Crippen LogP contribution in [0.1, 0.15) is 37.3 Å². The second-order valence-corrected chi connectivity index (χ2v) is 9.52. The quantitative estimate of drug-likeness (QED) is 0.444. The molecule has 1 aliphatic rings. The van der Waals surface area contributed by atoms with Crippen molar-refractivity contribution in [2.24, 2.45) is 0 Å². The molecule has 1 fully saturated rings. The Labute approximate surface area is 228 Å². The van der Waals surface area contributed by atoms with E-state index in [1.165, 1.54) is 0 Å². The van der Waals surface area contributed by atoms with E-state index in [2.05, 4.69) is 41.9 Å². The van der Waals surface area contributed by atoms with Crippen LogP contribution in [-0.4, -0.2) is 92.6 Å². The minimum absolute atomic E-state index is 0.0251. The van der Waals surface area contributed by atoms with Gasteiger partial charge in [0.1, 0.15) is 6.54 Å². The SMILES string of the molecule is C#CCN1CCCCN(Cc2cn(Cc3nc(-c4ccccc4)no3)nn2)CC(=O)NCCCCNC(=O)C1. The molecule has 39 heavy (non-hydrogen) atoms. The maximum absolute atomic E-state index is 12.6. The number of amides is 2. The normalized spacial score (nSPS) is 17.3. The topological polar surface area (TPSA) is 134 Å². The molecule has 0 saturated carbocycles. The van der Waals surface area contributed by atoms with Crippen molar-refractivity contribution in [2.75, 3.05) is 45.8 Å². The van der Waals surface area contributed by atoms with Gasteiger partial charge in [-0.1, -0.05) is 46.6 Å². The van der Waals surface area contributed by atoms with Crippen molar-refractivity contribution in [2.45, 2.75) is 38.8 Å². The fourth-order valence-electron chi connectivity index (χ4n) is 4.33. The molecule has 0 unspecified atom stereocenters. The third-order valence-corrected chi connectivity index (χ3v) is 6.26. The average molecular weight is 534 g/mol. The summed E-state index contributed by atoms with van der Waals surface area (Å²) >= 11 is 0. The van der Waals surface area contributed by atoms with Crippen LogP contribution < -0.4 is 10.6 Å². The van der Waals surface area contributed by atoms with Gasteiger partial charge in [0.2, 0.25) is 23.5 Å². The molecular weight excluding hydrogens is 498 g/mol. The van der Waals surface area contributed by atoms with Gasteiger partial charge < -0.3 is 15.2 Å². The Balaban J connectivity index is 1.35. The highest BCUT2D eigenvalue weighted by atomic mass is 16.5. The van der Waals surface area contributed by atoms with Crippen LogP contribution >= 0.6 is 0 Å². The van der Waals surface area contributed by atoms with Gasteiger partial charge in [-0.3, -0.25) is 19.4 Å². The minimum Gasteiger partial charge on any atom is -0.355 e. The Hall–Kier alpha value is -4.08. The molecular formula is C27H35N9O3. The monoisotopic (exact) mass is 533 g/mol. The van der Waals surface area contributed by atoms with Crippen molar-refractivity contribution in [3.05, 3.63) is 48.1 Å². The first kappa shape index (κ1) is 27.9. The zero-order chi connectivity index (χ0) is 27.3. The van der Waals surface area contributed by atoms with Crippen LogP contribution in [0, 0.1) is 12.3 Å². The number of aromatic nitrogens is 5. The average Bonchev–Trinajstić information content (AvgIpc) is 3.58. The molecule has 4 rings (SSSR count). The molecule has 206 valence electrons. The summed E-state index contributed by atoms with van der Waals surface area (Å²) in [4.78, 5) is 33.3. The van der Waals surface area contributed by atoms with Crippen LogP contribution in [0.2, 0.25) is 0 Å². The third-order valence-electron chi connectivity index (χ3n) is 6.26. The number of benzene rings is 1. The first-order valence-corrected chi connectivity index (χ1v) is 13.3. The third kappa shape index (κ3) is 9.31. The lowest BCUT2D eigenvalue weighted by molar-refractivity contribution is -0.123. The van der Waals surface area contributed by atoms with Gasteiger partial charge in [-0.25, -0.2) is 4.68 Å². The molecule has 1 saturated heterocycles. The van der Waals surface area contributed by atoms with Gasteiger partial charge in [-0.15, -0.1) is 11.5 Å². The standard InChI is InChI=1S/C27H35N9O3/c1-2-14-34-15-8-9-16-35(20-25(38)29-13-7-6-12-28-24(37)19-34)17-23-18-36(33-31-23)21-26-30-27(32-39-26)22-10-4-3-5-11-22/h1,3-5,10-11,18H,6-9,12-17,19-21H2,(H,28,37)(H,29,38). The second-order valence-electron chi connectivity index (χ2n) is 9.52. The highest BCUT2D eigenvalue weighted by Gasteiger charge is 2.16. The van der Waals surface area contributed by atoms with E-state index >= 15 is 0 Å². The summed E-state index contributed by atoms with van der Waals surface area (Å²) in [5, 5.41) is 18.5. The molecule has 2 amide bonds. The molecule has 0 aliphatic carbocycles. The Morgan fingerprint density at radius 3 is 2.33 bits per heavy atom. The van der Waals surface area contributed by atoms with Gasteiger partial charge in [0, 0.05) is 25.2 Å². The van der Waals surface area contributed by atoms with E-state index in [1.54, 1.807) is 4.68 Å². The Bertz CT molecular complexity index is 1230. The molecule has 0 bridgehead atoms. The summed E-state index contributed by atoms with van der Waals surface area (Å²) in [6.07, 6.45) is 10.6. The first-order chi connectivity index (χ1) is 19.1. The van der Waals surface area contributed by atoms with Crippen LogP contribution in [0.3, 0.4) is 0 Å². The summed E-state index contributed by atoms with van der Waals surface area (Å²) in [5.74, 6) is 3.53. The number of hydrogen-bond acceptors (Lipinski definition) is 9. The number of nitrogens with zero attached hydrogens (tertiary/aromatic N) is 7. The number of carbonyl (C=O) groups is 2. The number of rotatable bonds is 6.